The average molecular weight is 311 g/mol. The third kappa shape index (κ3) is 3.77. The molecule has 0 aliphatic heterocycles. The molecule has 21 heavy (non-hydrogen) atoms. The van der Waals surface area contributed by atoms with Gasteiger partial charge in [-0.05, 0) is 36.5 Å². The topological polar surface area (TPSA) is 55.4 Å². The molecule has 0 aromatic heterocycles. The largest absolute Gasteiger partial charge is 0.496 e. The SMILES string of the molecule is COc1ccc(S(=O)(=O)NC2CCCC2)cc1C(C)(C)C. The highest BCUT2D eigenvalue weighted by molar-refractivity contribution is 7.89. The summed E-state index contributed by atoms with van der Waals surface area (Å²) in [6, 6.07) is 5.17. The zero-order valence-corrected chi connectivity index (χ0v) is 14.1. The van der Waals surface area contributed by atoms with Gasteiger partial charge in [0.25, 0.3) is 0 Å². The van der Waals surface area contributed by atoms with E-state index in [2.05, 4.69) is 4.72 Å². The predicted octanol–water partition coefficient (Wildman–Crippen LogP) is 3.21. The molecular weight excluding hydrogens is 286 g/mol. The van der Waals surface area contributed by atoms with E-state index in [-0.39, 0.29) is 11.5 Å². The second-order valence-corrected chi connectivity index (χ2v) is 8.43. The highest BCUT2D eigenvalue weighted by atomic mass is 32.2. The lowest BCUT2D eigenvalue weighted by Crippen LogP contribution is -2.32. The van der Waals surface area contributed by atoms with Crippen molar-refractivity contribution in [1.82, 2.24) is 4.72 Å². The Morgan fingerprint density at radius 2 is 1.81 bits per heavy atom. The second-order valence-electron chi connectivity index (χ2n) is 6.71. The smallest absolute Gasteiger partial charge is 0.240 e. The molecule has 5 heteroatoms. The van der Waals surface area contributed by atoms with Gasteiger partial charge < -0.3 is 4.74 Å². The van der Waals surface area contributed by atoms with Gasteiger partial charge in [-0.1, -0.05) is 33.6 Å². The molecule has 0 heterocycles. The monoisotopic (exact) mass is 311 g/mol. The zero-order chi connectivity index (χ0) is 15.7. The van der Waals surface area contributed by atoms with Crippen LogP contribution >= 0.6 is 0 Å². The van der Waals surface area contributed by atoms with Crippen LogP contribution in [0.1, 0.15) is 52.0 Å². The summed E-state index contributed by atoms with van der Waals surface area (Å²) >= 11 is 0. The fraction of sp³-hybridized carbons (Fsp3) is 0.625. The van der Waals surface area contributed by atoms with Crippen molar-refractivity contribution >= 4 is 10.0 Å². The molecule has 1 aromatic rings. The van der Waals surface area contributed by atoms with Crippen molar-refractivity contribution in [2.24, 2.45) is 0 Å². The molecule has 1 aromatic carbocycles. The lowest BCUT2D eigenvalue weighted by molar-refractivity contribution is 0.397. The van der Waals surface area contributed by atoms with Crippen LogP contribution in [0.2, 0.25) is 0 Å². The number of methoxy groups -OCH3 is 1. The Labute approximate surface area is 127 Å². The van der Waals surface area contributed by atoms with Gasteiger partial charge in [-0.15, -0.1) is 0 Å². The zero-order valence-electron chi connectivity index (χ0n) is 13.3. The first kappa shape index (κ1) is 16.3. The maximum absolute atomic E-state index is 12.5. The van der Waals surface area contributed by atoms with Crippen molar-refractivity contribution in [3.05, 3.63) is 23.8 Å². The van der Waals surface area contributed by atoms with E-state index in [1.807, 2.05) is 20.8 Å². The van der Waals surface area contributed by atoms with Crippen molar-refractivity contribution in [3.8, 4) is 5.75 Å². The molecule has 1 fully saturated rings. The summed E-state index contributed by atoms with van der Waals surface area (Å²) in [5, 5.41) is 0. The van der Waals surface area contributed by atoms with Crippen molar-refractivity contribution in [2.75, 3.05) is 7.11 Å². The molecule has 0 spiro atoms. The molecule has 2 rings (SSSR count). The van der Waals surface area contributed by atoms with Crippen LogP contribution in [0, 0.1) is 0 Å². The van der Waals surface area contributed by atoms with Crippen molar-refractivity contribution < 1.29 is 13.2 Å². The molecule has 1 N–H and O–H groups in total. The third-order valence-electron chi connectivity index (χ3n) is 3.97. The van der Waals surface area contributed by atoms with E-state index in [1.165, 1.54) is 0 Å². The van der Waals surface area contributed by atoms with Crippen LogP contribution < -0.4 is 9.46 Å². The number of hydrogen-bond acceptors (Lipinski definition) is 3. The highest BCUT2D eigenvalue weighted by Crippen LogP contribution is 2.33. The Morgan fingerprint density at radius 1 is 1.19 bits per heavy atom. The Bertz CT molecular complexity index is 596. The van der Waals surface area contributed by atoms with E-state index in [0.717, 1.165) is 37.0 Å². The Morgan fingerprint density at radius 3 is 2.33 bits per heavy atom. The molecule has 0 radical (unpaired) electrons. The molecule has 1 aliphatic carbocycles. The normalized spacial score (nSPS) is 17.1. The third-order valence-corrected chi connectivity index (χ3v) is 5.48. The van der Waals surface area contributed by atoms with Crippen LogP contribution in [0.4, 0.5) is 0 Å². The van der Waals surface area contributed by atoms with Crippen molar-refractivity contribution in [2.45, 2.75) is 62.8 Å². The summed E-state index contributed by atoms with van der Waals surface area (Å²) in [4.78, 5) is 0.320. The minimum absolute atomic E-state index is 0.0789. The summed E-state index contributed by atoms with van der Waals surface area (Å²) in [7, 11) is -1.85. The van der Waals surface area contributed by atoms with Crippen molar-refractivity contribution in [1.29, 1.82) is 0 Å². The van der Waals surface area contributed by atoms with Crippen LogP contribution in [-0.4, -0.2) is 21.6 Å². The second kappa shape index (κ2) is 5.97. The summed E-state index contributed by atoms with van der Waals surface area (Å²) in [5.41, 5.74) is 0.726. The summed E-state index contributed by atoms with van der Waals surface area (Å²) in [5.74, 6) is 0.724. The van der Waals surface area contributed by atoms with Crippen LogP contribution in [0.15, 0.2) is 23.1 Å². The molecule has 0 amide bonds. The molecule has 1 aliphatic rings. The fourth-order valence-corrected chi connectivity index (χ4v) is 4.10. The van der Waals surface area contributed by atoms with Crippen LogP contribution in [0.5, 0.6) is 5.75 Å². The van der Waals surface area contributed by atoms with E-state index < -0.39 is 10.0 Å². The first-order valence-corrected chi connectivity index (χ1v) is 8.93. The van der Waals surface area contributed by atoms with Gasteiger partial charge in [0.15, 0.2) is 0 Å². The number of ether oxygens (including phenoxy) is 1. The first-order chi connectivity index (χ1) is 9.74. The maximum atomic E-state index is 12.5. The lowest BCUT2D eigenvalue weighted by atomic mass is 9.86. The molecule has 1 saturated carbocycles. The molecule has 0 atom stereocenters. The number of sulfonamides is 1. The van der Waals surface area contributed by atoms with Gasteiger partial charge in [0.05, 0.1) is 12.0 Å². The van der Waals surface area contributed by atoms with Gasteiger partial charge >= 0.3 is 0 Å². The minimum Gasteiger partial charge on any atom is -0.496 e. The summed E-state index contributed by atoms with van der Waals surface area (Å²) in [6.07, 6.45) is 4.06. The minimum atomic E-state index is -3.46. The molecule has 4 nitrogen and oxygen atoms in total. The van der Waals surface area contributed by atoms with E-state index in [1.54, 1.807) is 25.3 Å². The highest BCUT2D eigenvalue weighted by Gasteiger charge is 2.26. The number of benzene rings is 1. The molecule has 0 unspecified atom stereocenters. The van der Waals surface area contributed by atoms with Crippen LogP contribution in [-0.2, 0) is 15.4 Å². The van der Waals surface area contributed by atoms with Crippen LogP contribution in [0.3, 0.4) is 0 Å². The molecule has 0 bridgehead atoms. The maximum Gasteiger partial charge on any atom is 0.240 e. The van der Waals surface area contributed by atoms with Gasteiger partial charge in [0, 0.05) is 11.6 Å². The van der Waals surface area contributed by atoms with E-state index >= 15 is 0 Å². The molecule has 0 saturated heterocycles. The Balaban J connectivity index is 2.35. The van der Waals surface area contributed by atoms with Gasteiger partial charge in [-0.25, -0.2) is 13.1 Å². The summed E-state index contributed by atoms with van der Waals surface area (Å²) < 4.78 is 33.2. The van der Waals surface area contributed by atoms with Gasteiger partial charge in [-0.2, -0.15) is 0 Å². The Kier molecular flexibility index (Phi) is 4.63. The van der Waals surface area contributed by atoms with Gasteiger partial charge in [0.1, 0.15) is 5.75 Å². The first-order valence-electron chi connectivity index (χ1n) is 7.45. The Hall–Kier alpha value is -1.07. The summed E-state index contributed by atoms with van der Waals surface area (Å²) in [6.45, 7) is 6.14. The van der Waals surface area contributed by atoms with Gasteiger partial charge in [0.2, 0.25) is 10.0 Å². The fourth-order valence-electron chi connectivity index (χ4n) is 2.77. The number of hydrogen-bond donors (Lipinski definition) is 1. The quantitative estimate of drug-likeness (QED) is 0.929. The van der Waals surface area contributed by atoms with E-state index in [4.69, 9.17) is 4.74 Å². The predicted molar refractivity (Wildman–Crippen MR) is 84.3 cm³/mol. The van der Waals surface area contributed by atoms with Crippen LogP contribution in [0.25, 0.3) is 0 Å². The molecule has 118 valence electrons. The number of rotatable bonds is 4. The van der Waals surface area contributed by atoms with Crippen molar-refractivity contribution in [3.63, 3.8) is 0 Å². The van der Waals surface area contributed by atoms with E-state index in [9.17, 15) is 8.42 Å². The lowest BCUT2D eigenvalue weighted by Gasteiger charge is -2.23. The molecular formula is C16H25NO3S. The average Bonchev–Trinajstić information content (AvgIpc) is 2.89. The number of nitrogens with one attached hydrogen (secondary N) is 1. The van der Waals surface area contributed by atoms with E-state index in [0.29, 0.717) is 4.90 Å². The standard InChI is InChI=1S/C16H25NO3S/c1-16(2,3)14-11-13(9-10-15(14)20-4)21(18,19)17-12-7-5-6-8-12/h9-12,17H,5-8H2,1-4H3. The van der Waals surface area contributed by atoms with Gasteiger partial charge in [-0.3, -0.25) is 0 Å².